The Morgan fingerprint density at radius 1 is 1.05 bits per heavy atom. The molecule has 1 aromatic heterocycles. The third-order valence-electron chi connectivity index (χ3n) is 6.09. The van der Waals surface area contributed by atoms with Gasteiger partial charge in [0.15, 0.2) is 4.80 Å². The van der Waals surface area contributed by atoms with Gasteiger partial charge in [-0.15, -0.1) is 0 Å². The summed E-state index contributed by atoms with van der Waals surface area (Å²) in [6, 6.07) is 22.1. The number of halogens is 1. The summed E-state index contributed by atoms with van der Waals surface area (Å²) >= 11 is 7.36. The van der Waals surface area contributed by atoms with Crippen LogP contribution >= 0.6 is 22.9 Å². The normalized spacial score (nSPS) is 14.8. The van der Waals surface area contributed by atoms with Gasteiger partial charge in [0.2, 0.25) is 0 Å². The minimum absolute atomic E-state index is 0.158. The standard InChI is InChI=1S/C30H23ClN2O6S/c1-2-38-29(37)25-26(19-6-4-3-5-7-19)32-30-33(27(25)20-10-12-21(31)13-11-20)28(36)23(40-30)16-18-8-14-22(15-9-18)39-17-24(34)35/h3-16,27H,2,17H2,1H3,(H,34,35)/p-1/b23-16-/t27-/m0/s1. The molecule has 0 saturated carbocycles. The number of benzene rings is 3. The Bertz CT molecular complexity index is 1780. The average molecular weight is 574 g/mol. The number of hydrogen-bond acceptors (Lipinski definition) is 8. The highest BCUT2D eigenvalue weighted by Crippen LogP contribution is 2.35. The minimum atomic E-state index is -1.32. The number of carboxylic acid groups (broad SMARTS) is 1. The maximum atomic E-state index is 13.9. The number of carbonyl (C=O) groups is 2. The zero-order valence-corrected chi connectivity index (χ0v) is 22.8. The smallest absolute Gasteiger partial charge is 0.338 e. The van der Waals surface area contributed by atoms with Crippen molar-refractivity contribution in [3.63, 3.8) is 0 Å². The van der Waals surface area contributed by atoms with Crippen molar-refractivity contribution in [2.24, 2.45) is 4.99 Å². The van der Waals surface area contributed by atoms with Crippen LogP contribution in [0.25, 0.3) is 11.8 Å². The maximum absolute atomic E-state index is 13.9. The van der Waals surface area contributed by atoms with Crippen molar-refractivity contribution in [3.05, 3.63) is 126 Å². The van der Waals surface area contributed by atoms with E-state index in [1.165, 1.54) is 15.9 Å². The number of rotatable bonds is 8. The molecule has 40 heavy (non-hydrogen) atoms. The van der Waals surface area contributed by atoms with Crippen LogP contribution in [0.1, 0.15) is 29.7 Å². The number of hydrogen-bond donors (Lipinski definition) is 0. The molecule has 0 aliphatic carbocycles. The van der Waals surface area contributed by atoms with Crippen LogP contribution in [0.5, 0.6) is 5.75 Å². The molecular weight excluding hydrogens is 552 g/mol. The van der Waals surface area contributed by atoms with Gasteiger partial charge in [0.25, 0.3) is 5.56 Å². The highest BCUT2D eigenvalue weighted by atomic mass is 35.5. The van der Waals surface area contributed by atoms with E-state index in [0.29, 0.717) is 42.5 Å². The Kier molecular flexibility index (Phi) is 7.95. The third-order valence-corrected chi connectivity index (χ3v) is 7.33. The predicted molar refractivity (Wildman–Crippen MR) is 149 cm³/mol. The molecule has 1 aliphatic rings. The largest absolute Gasteiger partial charge is 0.546 e. The summed E-state index contributed by atoms with van der Waals surface area (Å²) in [6.45, 7) is 1.32. The van der Waals surface area contributed by atoms with Gasteiger partial charge in [-0.2, -0.15) is 0 Å². The summed E-state index contributed by atoms with van der Waals surface area (Å²) in [7, 11) is 0. The highest BCUT2D eigenvalue weighted by Gasteiger charge is 2.35. The van der Waals surface area contributed by atoms with Crippen LogP contribution in [0.2, 0.25) is 5.02 Å². The SMILES string of the molecule is CCOC(=O)C1=C(c2ccccc2)N=c2s/c(=C\c3ccc(OCC(=O)[O-])cc3)c(=O)n2[C@H]1c1ccc(Cl)cc1. The molecule has 0 unspecified atom stereocenters. The number of nitrogens with zero attached hydrogens (tertiary/aromatic N) is 2. The molecule has 0 amide bonds. The first-order valence-electron chi connectivity index (χ1n) is 12.3. The molecule has 0 fully saturated rings. The van der Waals surface area contributed by atoms with Crippen molar-refractivity contribution < 1.29 is 24.2 Å². The van der Waals surface area contributed by atoms with Gasteiger partial charge in [0.05, 0.1) is 34.4 Å². The van der Waals surface area contributed by atoms with Crippen molar-refractivity contribution in [2.45, 2.75) is 13.0 Å². The van der Waals surface area contributed by atoms with Gasteiger partial charge in [-0.25, -0.2) is 9.79 Å². The zero-order chi connectivity index (χ0) is 28.2. The maximum Gasteiger partial charge on any atom is 0.338 e. The van der Waals surface area contributed by atoms with Crippen LogP contribution in [0, 0.1) is 0 Å². The summed E-state index contributed by atoms with van der Waals surface area (Å²) < 4.78 is 12.5. The van der Waals surface area contributed by atoms with Gasteiger partial charge in [-0.1, -0.05) is 77.5 Å². The lowest BCUT2D eigenvalue weighted by atomic mass is 9.93. The topological polar surface area (TPSA) is 110 Å². The van der Waals surface area contributed by atoms with E-state index >= 15 is 0 Å². The fraction of sp³-hybridized carbons (Fsp3) is 0.133. The Hall–Kier alpha value is -4.47. The predicted octanol–water partition coefficient (Wildman–Crippen LogP) is 2.72. The van der Waals surface area contributed by atoms with Crippen LogP contribution in [0.4, 0.5) is 0 Å². The van der Waals surface area contributed by atoms with Crippen molar-refractivity contribution in [3.8, 4) is 5.75 Å². The average Bonchev–Trinajstić information content (AvgIpc) is 3.27. The monoisotopic (exact) mass is 573 g/mol. The molecule has 0 radical (unpaired) electrons. The van der Waals surface area contributed by atoms with E-state index in [4.69, 9.17) is 26.1 Å². The molecule has 2 heterocycles. The second-order valence-corrected chi connectivity index (χ2v) is 10.2. The molecule has 5 rings (SSSR count). The van der Waals surface area contributed by atoms with E-state index in [-0.39, 0.29) is 17.7 Å². The minimum Gasteiger partial charge on any atom is -0.546 e. The van der Waals surface area contributed by atoms with Crippen molar-refractivity contribution in [1.29, 1.82) is 0 Å². The van der Waals surface area contributed by atoms with Crippen LogP contribution < -0.4 is 24.7 Å². The van der Waals surface area contributed by atoms with Gasteiger partial charge >= 0.3 is 5.97 Å². The van der Waals surface area contributed by atoms with Crippen LogP contribution in [0.15, 0.2) is 94.2 Å². The number of carbonyl (C=O) groups excluding carboxylic acids is 2. The summed E-state index contributed by atoms with van der Waals surface area (Å²) in [4.78, 5) is 43.2. The Morgan fingerprint density at radius 3 is 2.40 bits per heavy atom. The summed E-state index contributed by atoms with van der Waals surface area (Å²) in [5, 5.41) is 11.2. The number of aliphatic carboxylic acids is 1. The zero-order valence-electron chi connectivity index (χ0n) is 21.2. The highest BCUT2D eigenvalue weighted by molar-refractivity contribution is 7.07. The number of fused-ring (bicyclic) bond motifs is 1. The number of thiazole rings is 1. The molecule has 1 aliphatic heterocycles. The van der Waals surface area contributed by atoms with Crippen molar-refractivity contribution >= 4 is 46.6 Å². The van der Waals surface area contributed by atoms with Crippen LogP contribution in [-0.4, -0.2) is 29.7 Å². The van der Waals surface area contributed by atoms with Gasteiger partial charge < -0.3 is 19.4 Å². The van der Waals surface area contributed by atoms with Crippen LogP contribution in [-0.2, 0) is 14.3 Å². The molecule has 8 nitrogen and oxygen atoms in total. The lowest BCUT2D eigenvalue weighted by molar-refractivity contribution is -0.307. The summed E-state index contributed by atoms with van der Waals surface area (Å²) in [5.74, 6) is -1.53. The molecule has 202 valence electrons. The van der Waals surface area contributed by atoms with Gasteiger partial charge in [-0.3, -0.25) is 9.36 Å². The third kappa shape index (κ3) is 5.61. The van der Waals surface area contributed by atoms with E-state index in [1.807, 2.05) is 30.3 Å². The van der Waals surface area contributed by atoms with E-state index < -0.39 is 24.6 Å². The molecule has 1 atom stereocenters. The van der Waals surface area contributed by atoms with E-state index in [0.717, 1.165) is 0 Å². The number of ether oxygens (including phenoxy) is 2. The van der Waals surface area contributed by atoms with Crippen LogP contribution in [0.3, 0.4) is 0 Å². The molecular formula is C30H22ClN2O6S-. The second kappa shape index (κ2) is 11.7. The lowest BCUT2D eigenvalue weighted by Gasteiger charge is -2.25. The first-order chi connectivity index (χ1) is 19.4. The first-order valence-corrected chi connectivity index (χ1v) is 13.5. The summed E-state index contributed by atoms with van der Waals surface area (Å²) in [6.07, 6.45) is 1.71. The fourth-order valence-electron chi connectivity index (χ4n) is 4.35. The quantitative estimate of drug-likeness (QED) is 0.300. The second-order valence-electron chi connectivity index (χ2n) is 8.71. The Labute approximate surface area is 237 Å². The fourth-order valence-corrected chi connectivity index (χ4v) is 5.48. The summed E-state index contributed by atoms with van der Waals surface area (Å²) in [5.41, 5.74) is 2.45. The molecule has 3 aromatic carbocycles. The molecule has 4 aromatic rings. The van der Waals surface area contributed by atoms with E-state index in [2.05, 4.69) is 0 Å². The molecule has 0 bridgehead atoms. The first kappa shape index (κ1) is 27.1. The molecule has 0 saturated heterocycles. The molecule has 0 N–H and O–H groups in total. The number of carboxylic acids is 1. The lowest BCUT2D eigenvalue weighted by Crippen LogP contribution is -2.40. The van der Waals surface area contributed by atoms with Gasteiger partial charge in [0.1, 0.15) is 12.4 Å². The van der Waals surface area contributed by atoms with Gasteiger partial charge in [0, 0.05) is 10.6 Å². The molecule has 10 heteroatoms. The molecule has 0 spiro atoms. The van der Waals surface area contributed by atoms with Crippen molar-refractivity contribution in [1.82, 2.24) is 4.57 Å². The number of aromatic nitrogens is 1. The van der Waals surface area contributed by atoms with E-state index in [9.17, 15) is 19.5 Å². The van der Waals surface area contributed by atoms with Gasteiger partial charge in [-0.05, 0) is 48.4 Å². The Balaban J connectivity index is 1.70. The Morgan fingerprint density at radius 2 is 1.75 bits per heavy atom. The van der Waals surface area contributed by atoms with Crippen molar-refractivity contribution in [2.75, 3.05) is 13.2 Å². The number of esters is 1. The van der Waals surface area contributed by atoms with E-state index in [1.54, 1.807) is 61.5 Å².